The van der Waals surface area contributed by atoms with Gasteiger partial charge in [-0.25, -0.2) is 8.78 Å². The van der Waals surface area contributed by atoms with Gasteiger partial charge in [0, 0.05) is 10.6 Å². The van der Waals surface area contributed by atoms with Gasteiger partial charge in [-0.3, -0.25) is 4.21 Å². The molecular formula is C12H13F2NOS. The van der Waals surface area contributed by atoms with Gasteiger partial charge in [-0.2, -0.15) is 5.26 Å². The Bertz CT molecular complexity index is 480. The molecule has 1 aromatic rings. The molecule has 0 saturated heterocycles. The molecule has 0 saturated carbocycles. The van der Waals surface area contributed by atoms with Crippen molar-refractivity contribution in [3.8, 4) is 6.07 Å². The van der Waals surface area contributed by atoms with Gasteiger partial charge in [-0.15, -0.1) is 0 Å². The lowest BCUT2D eigenvalue weighted by Crippen LogP contribution is -2.13. The Morgan fingerprint density at radius 3 is 2.53 bits per heavy atom. The van der Waals surface area contributed by atoms with Crippen molar-refractivity contribution in [2.75, 3.05) is 5.75 Å². The summed E-state index contributed by atoms with van der Waals surface area (Å²) in [5, 5.41) is 8.80. The standard InChI is InChI=1S/C12H13F2NOS/c1-12(2,8-15)5-6-17(16)9-3-4-10(13)11(14)7-9/h3-4,7H,5-6H2,1-2H3. The first-order chi connectivity index (χ1) is 7.85. The number of rotatable bonds is 4. The van der Waals surface area contributed by atoms with Crippen molar-refractivity contribution in [1.82, 2.24) is 0 Å². The molecule has 0 radical (unpaired) electrons. The normalized spacial score (nSPS) is 13.1. The Kier molecular flexibility index (Phi) is 4.35. The topological polar surface area (TPSA) is 40.9 Å². The lowest BCUT2D eigenvalue weighted by atomic mass is 9.93. The van der Waals surface area contributed by atoms with Gasteiger partial charge in [0.2, 0.25) is 0 Å². The molecule has 0 aromatic heterocycles. The van der Waals surface area contributed by atoms with Gasteiger partial charge in [0.15, 0.2) is 11.6 Å². The quantitative estimate of drug-likeness (QED) is 0.832. The van der Waals surface area contributed by atoms with E-state index >= 15 is 0 Å². The van der Waals surface area contributed by atoms with Gasteiger partial charge < -0.3 is 0 Å². The zero-order chi connectivity index (χ0) is 13.1. The maximum absolute atomic E-state index is 12.9. The Hall–Kier alpha value is -1.28. The Labute approximate surface area is 102 Å². The lowest BCUT2D eigenvalue weighted by Gasteiger charge is -2.14. The lowest BCUT2D eigenvalue weighted by molar-refractivity contribution is 0.479. The van der Waals surface area contributed by atoms with Crippen molar-refractivity contribution in [1.29, 1.82) is 5.26 Å². The highest BCUT2D eigenvalue weighted by Crippen LogP contribution is 2.21. The van der Waals surface area contributed by atoms with Crippen molar-refractivity contribution in [3.05, 3.63) is 29.8 Å². The number of benzene rings is 1. The van der Waals surface area contributed by atoms with Gasteiger partial charge in [-0.1, -0.05) is 0 Å². The fourth-order valence-corrected chi connectivity index (χ4v) is 2.53. The molecule has 0 heterocycles. The van der Waals surface area contributed by atoms with E-state index in [0.29, 0.717) is 6.42 Å². The van der Waals surface area contributed by atoms with Crippen LogP contribution in [0.25, 0.3) is 0 Å². The minimum absolute atomic E-state index is 0.248. The number of hydrogen-bond acceptors (Lipinski definition) is 2. The summed E-state index contributed by atoms with van der Waals surface area (Å²) in [6.07, 6.45) is 0.440. The van der Waals surface area contributed by atoms with Gasteiger partial charge in [0.05, 0.1) is 22.3 Å². The molecule has 1 unspecified atom stereocenters. The molecule has 0 aliphatic rings. The van der Waals surface area contributed by atoms with E-state index in [1.165, 1.54) is 6.07 Å². The number of halogens is 2. The molecule has 0 N–H and O–H groups in total. The molecule has 92 valence electrons. The fourth-order valence-electron chi connectivity index (χ4n) is 1.14. The summed E-state index contributed by atoms with van der Waals surface area (Å²) < 4.78 is 37.4. The van der Waals surface area contributed by atoms with E-state index in [1.54, 1.807) is 13.8 Å². The Morgan fingerprint density at radius 2 is 2.00 bits per heavy atom. The number of hydrogen-bond donors (Lipinski definition) is 0. The van der Waals surface area contributed by atoms with E-state index < -0.39 is 27.8 Å². The zero-order valence-corrected chi connectivity index (χ0v) is 10.5. The SMILES string of the molecule is CC(C)(C#N)CCS(=O)c1ccc(F)c(F)c1. The number of nitriles is 1. The highest BCUT2D eigenvalue weighted by molar-refractivity contribution is 7.85. The Morgan fingerprint density at radius 1 is 1.35 bits per heavy atom. The van der Waals surface area contributed by atoms with Crippen LogP contribution in [0.1, 0.15) is 20.3 Å². The van der Waals surface area contributed by atoms with Crippen LogP contribution < -0.4 is 0 Å². The van der Waals surface area contributed by atoms with E-state index in [-0.39, 0.29) is 10.6 Å². The van der Waals surface area contributed by atoms with Crippen LogP contribution in [-0.4, -0.2) is 9.96 Å². The molecule has 0 amide bonds. The van der Waals surface area contributed by atoms with Crippen LogP contribution in [0, 0.1) is 28.4 Å². The molecule has 1 atom stereocenters. The minimum Gasteiger partial charge on any atom is -0.254 e. The predicted molar refractivity (Wildman–Crippen MR) is 61.6 cm³/mol. The van der Waals surface area contributed by atoms with Crippen LogP contribution in [0.2, 0.25) is 0 Å². The van der Waals surface area contributed by atoms with Gasteiger partial charge in [-0.05, 0) is 38.5 Å². The summed E-state index contributed by atoms with van der Waals surface area (Å²) in [7, 11) is -1.41. The average Bonchev–Trinajstić information content (AvgIpc) is 2.30. The molecule has 0 aliphatic carbocycles. The Balaban J connectivity index is 2.72. The first-order valence-electron chi connectivity index (χ1n) is 5.10. The maximum atomic E-state index is 12.9. The van der Waals surface area contributed by atoms with E-state index in [1.807, 2.05) is 0 Å². The second-order valence-electron chi connectivity index (χ2n) is 4.37. The summed E-state index contributed by atoms with van der Waals surface area (Å²) in [6, 6.07) is 5.29. The summed E-state index contributed by atoms with van der Waals surface area (Å²) in [5.41, 5.74) is -0.561. The molecule has 2 nitrogen and oxygen atoms in total. The molecule has 5 heteroatoms. The molecule has 0 spiro atoms. The second-order valence-corrected chi connectivity index (χ2v) is 5.94. The van der Waals surface area contributed by atoms with E-state index in [9.17, 15) is 13.0 Å². The van der Waals surface area contributed by atoms with Crippen LogP contribution in [0.4, 0.5) is 8.78 Å². The van der Waals surface area contributed by atoms with Crippen molar-refractivity contribution < 1.29 is 13.0 Å². The summed E-state index contributed by atoms with van der Waals surface area (Å²) >= 11 is 0. The minimum atomic E-state index is -1.41. The van der Waals surface area contributed by atoms with Crippen molar-refractivity contribution in [2.45, 2.75) is 25.2 Å². The highest BCUT2D eigenvalue weighted by atomic mass is 32.2. The maximum Gasteiger partial charge on any atom is 0.160 e. The zero-order valence-electron chi connectivity index (χ0n) is 9.67. The molecular weight excluding hydrogens is 244 g/mol. The van der Waals surface area contributed by atoms with E-state index in [2.05, 4.69) is 6.07 Å². The monoisotopic (exact) mass is 257 g/mol. The predicted octanol–water partition coefficient (Wildman–Crippen LogP) is 3.01. The molecule has 0 fully saturated rings. The largest absolute Gasteiger partial charge is 0.254 e. The van der Waals surface area contributed by atoms with Crippen molar-refractivity contribution >= 4 is 10.8 Å². The smallest absolute Gasteiger partial charge is 0.160 e. The van der Waals surface area contributed by atoms with Crippen LogP contribution in [-0.2, 0) is 10.8 Å². The van der Waals surface area contributed by atoms with Gasteiger partial charge in [0.1, 0.15) is 0 Å². The second kappa shape index (κ2) is 5.37. The van der Waals surface area contributed by atoms with E-state index in [0.717, 1.165) is 12.1 Å². The van der Waals surface area contributed by atoms with Gasteiger partial charge in [0.25, 0.3) is 0 Å². The van der Waals surface area contributed by atoms with Gasteiger partial charge >= 0.3 is 0 Å². The summed E-state index contributed by atoms with van der Waals surface area (Å²) in [6.45, 7) is 3.49. The van der Waals surface area contributed by atoms with Crippen LogP contribution in [0.15, 0.2) is 23.1 Å². The fraction of sp³-hybridized carbons (Fsp3) is 0.417. The summed E-state index contributed by atoms with van der Waals surface area (Å²) in [5.74, 6) is -1.70. The third-order valence-electron chi connectivity index (χ3n) is 2.37. The highest BCUT2D eigenvalue weighted by Gasteiger charge is 2.18. The first kappa shape index (κ1) is 13.8. The first-order valence-corrected chi connectivity index (χ1v) is 6.42. The number of nitrogens with zero attached hydrogens (tertiary/aromatic N) is 1. The molecule has 0 bridgehead atoms. The van der Waals surface area contributed by atoms with Crippen LogP contribution >= 0.6 is 0 Å². The molecule has 17 heavy (non-hydrogen) atoms. The molecule has 1 aromatic carbocycles. The molecule has 1 rings (SSSR count). The summed E-state index contributed by atoms with van der Waals surface area (Å²) in [4.78, 5) is 0.248. The third-order valence-corrected chi connectivity index (χ3v) is 3.72. The van der Waals surface area contributed by atoms with E-state index in [4.69, 9.17) is 5.26 Å². The van der Waals surface area contributed by atoms with Crippen LogP contribution in [0.5, 0.6) is 0 Å². The third kappa shape index (κ3) is 3.90. The molecule has 0 aliphatic heterocycles. The van der Waals surface area contributed by atoms with Crippen molar-refractivity contribution in [2.24, 2.45) is 5.41 Å². The average molecular weight is 257 g/mol. The van der Waals surface area contributed by atoms with Crippen molar-refractivity contribution in [3.63, 3.8) is 0 Å². The van der Waals surface area contributed by atoms with Crippen LogP contribution in [0.3, 0.4) is 0 Å².